The highest BCUT2D eigenvalue weighted by Gasteiger charge is 1.99. The van der Waals surface area contributed by atoms with Gasteiger partial charge in [0, 0.05) is 0 Å². The predicted octanol–water partition coefficient (Wildman–Crippen LogP) is 3.68. The van der Waals surface area contributed by atoms with Crippen molar-refractivity contribution in [2.75, 3.05) is 0 Å². The van der Waals surface area contributed by atoms with Crippen molar-refractivity contribution in [1.82, 2.24) is 0 Å². The molecule has 0 heteroatoms. The zero-order valence-electron chi connectivity index (χ0n) is 8.85. The summed E-state index contributed by atoms with van der Waals surface area (Å²) >= 11 is 0. The summed E-state index contributed by atoms with van der Waals surface area (Å²) in [6, 6.07) is 6.71. The van der Waals surface area contributed by atoms with Crippen LogP contribution in [0, 0.1) is 6.92 Å². The summed E-state index contributed by atoms with van der Waals surface area (Å²) in [5.74, 6) is 0. The molecule has 0 aliphatic rings. The minimum Gasteiger partial charge on any atom is -0.0998 e. The lowest BCUT2D eigenvalue weighted by Crippen LogP contribution is -1.92. The van der Waals surface area contributed by atoms with Crippen LogP contribution in [-0.2, 0) is 12.8 Å². The maximum atomic E-state index is 3.95. The van der Waals surface area contributed by atoms with E-state index >= 15 is 0 Å². The fourth-order valence-electron chi connectivity index (χ4n) is 1.46. The van der Waals surface area contributed by atoms with Crippen molar-refractivity contribution >= 4 is 0 Å². The summed E-state index contributed by atoms with van der Waals surface area (Å²) < 4.78 is 0. The van der Waals surface area contributed by atoms with Gasteiger partial charge in [-0.2, -0.15) is 0 Å². The van der Waals surface area contributed by atoms with E-state index < -0.39 is 0 Å². The van der Waals surface area contributed by atoms with Crippen LogP contribution in [0.25, 0.3) is 0 Å². The molecule has 0 aliphatic carbocycles. The predicted molar refractivity (Wildman–Crippen MR) is 59.1 cm³/mol. The second kappa shape index (κ2) is 4.27. The van der Waals surface area contributed by atoms with Crippen LogP contribution in [0.5, 0.6) is 0 Å². The summed E-state index contributed by atoms with van der Waals surface area (Å²) in [7, 11) is 0. The Morgan fingerprint density at radius 3 is 2.62 bits per heavy atom. The molecule has 0 fully saturated rings. The van der Waals surface area contributed by atoms with E-state index in [-0.39, 0.29) is 0 Å². The van der Waals surface area contributed by atoms with E-state index in [0.29, 0.717) is 0 Å². The highest BCUT2D eigenvalue weighted by atomic mass is 14.0. The van der Waals surface area contributed by atoms with Crippen LogP contribution < -0.4 is 0 Å². The lowest BCUT2D eigenvalue weighted by molar-refractivity contribution is 1.08. The highest BCUT2D eigenvalue weighted by Crippen LogP contribution is 2.14. The van der Waals surface area contributed by atoms with Crippen LogP contribution in [-0.4, -0.2) is 0 Å². The molecule has 1 aromatic rings. The molecule has 0 unspecified atom stereocenters. The summed E-state index contributed by atoms with van der Waals surface area (Å²) in [6.07, 6.45) is 2.13. The normalized spacial score (nSPS) is 10.1. The van der Waals surface area contributed by atoms with Gasteiger partial charge in [-0.05, 0) is 43.4 Å². The van der Waals surface area contributed by atoms with E-state index in [4.69, 9.17) is 0 Å². The van der Waals surface area contributed by atoms with Crippen LogP contribution >= 0.6 is 0 Å². The Balaban J connectivity index is 2.96. The maximum absolute atomic E-state index is 3.95. The van der Waals surface area contributed by atoms with Crippen molar-refractivity contribution in [1.29, 1.82) is 0 Å². The van der Waals surface area contributed by atoms with Crippen molar-refractivity contribution in [3.8, 4) is 0 Å². The van der Waals surface area contributed by atoms with Crippen LogP contribution in [0.1, 0.15) is 30.5 Å². The van der Waals surface area contributed by atoms with Crippen LogP contribution in [0.15, 0.2) is 30.4 Å². The first-order valence-corrected chi connectivity index (χ1v) is 4.86. The molecule has 0 radical (unpaired) electrons. The lowest BCUT2D eigenvalue weighted by Gasteiger charge is -2.07. The van der Waals surface area contributed by atoms with Crippen molar-refractivity contribution in [3.05, 3.63) is 47.0 Å². The van der Waals surface area contributed by atoms with Gasteiger partial charge in [-0.25, -0.2) is 0 Å². The van der Waals surface area contributed by atoms with Gasteiger partial charge in [0.25, 0.3) is 0 Å². The fraction of sp³-hybridized carbons (Fsp3) is 0.385. The number of rotatable bonds is 3. The lowest BCUT2D eigenvalue weighted by atomic mass is 9.99. The zero-order valence-corrected chi connectivity index (χ0v) is 8.85. The molecule has 0 aliphatic heterocycles. The smallest absolute Gasteiger partial charge is 0.00699 e. The minimum atomic E-state index is 1.01. The average Bonchev–Trinajstić information content (AvgIpc) is 2.08. The Kier molecular flexibility index (Phi) is 3.30. The van der Waals surface area contributed by atoms with Gasteiger partial charge < -0.3 is 0 Å². The standard InChI is InChI=1S/C13H18/c1-5-12-7-6-11(4)13(9-12)8-10(2)3/h6-7,9H,2,5,8H2,1,3-4H3. The molecule has 0 spiro atoms. The monoisotopic (exact) mass is 174 g/mol. The van der Waals surface area contributed by atoms with E-state index in [9.17, 15) is 0 Å². The third kappa shape index (κ3) is 2.73. The molecule has 13 heavy (non-hydrogen) atoms. The van der Waals surface area contributed by atoms with Gasteiger partial charge in [0.1, 0.15) is 0 Å². The zero-order chi connectivity index (χ0) is 9.84. The van der Waals surface area contributed by atoms with E-state index in [0.717, 1.165) is 12.8 Å². The topological polar surface area (TPSA) is 0 Å². The summed E-state index contributed by atoms with van der Waals surface area (Å²) in [6.45, 7) is 10.4. The van der Waals surface area contributed by atoms with Crippen molar-refractivity contribution in [3.63, 3.8) is 0 Å². The molecule has 0 bridgehead atoms. The number of hydrogen-bond acceptors (Lipinski definition) is 0. The van der Waals surface area contributed by atoms with Crippen molar-refractivity contribution in [2.45, 2.75) is 33.6 Å². The van der Waals surface area contributed by atoms with Crippen molar-refractivity contribution < 1.29 is 0 Å². The Morgan fingerprint density at radius 1 is 1.38 bits per heavy atom. The van der Waals surface area contributed by atoms with E-state index in [2.05, 4.69) is 45.5 Å². The van der Waals surface area contributed by atoms with Crippen LogP contribution in [0.2, 0.25) is 0 Å². The Bertz CT molecular complexity index is 308. The summed E-state index contributed by atoms with van der Waals surface area (Å²) in [5.41, 5.74) is 5.45. The van der Waals surface area contributed by atoms with E-state index in [1.807, 2.05) is 0 Å². The van der Waals surface area contributed by atoms with E-state index in [1.54, 1.807) is 0 Å². The third-order valence-corrected chi connectivity index (χ3v) is 2.31. The number of benzene rings is 1. The average molecular weight is 174 g/mol. The molecule has 0 heterocycles. The molecule has 0 nitrogen and oxygen atoms in total. The van der Waals surface area contributed by atoms with Gasteiger partial charge in [0.2, 0.25) is 0 Å². The number of hydrogen-bond donors (Lipinski definition) is 0. The molecular formula is C13H18. The molecule has 0 saturated carbocycles. The fourth-order valence-corrected chi connectivity index (χ4v) is 1.46. The summed E-state index contributed by atoms with van der Waals surface area (Å²) in [5, 5.41) is 0. The third-order valence-electron chi connectivity index (χ3n) is 2.31. The molecule has 0 aromatic heterocycles. The first kappa shape index (κ1) is 10.0. The van der Waals surface area contributed by atoms with Gasteiger partial charge in [0.05, 0.1) is 0 Å². The first-order chi connectivity index (χ1) is 6.13. The quantitative estimate of drug-likeness (QED) is 0.613. The largest absolute Gasteiger partial charge is 0.0998 e. The van der Waals surface area contributed by atoms with Gasteiger partial charge >= 0.3 is 0 Å². The highest BCUT2D eigenvalue weighted by molar-refractivity contribution is 5.33. The molecule has 0 amide bonds. The first-order valence-electron chi connectivity index (χ1n) is 4.86. The maximum Gasteiger partial charge on any atom is -0.00699 e. The molecule has 0 atom stereocenters. The molecule has 0 N–H and O–H groups in total. The van der Waals surface area contributed by atoms with Crippen molar-refractivity contribution in [2.24, 2.45) is 0 Å². The second-order valence-electron chi connectivity index (χ2n) is 3.75. The van der Waals surface area contributed by atoms with Gasteiger partial charge in [-0.15, -0.1) is 0 Å². The molecular weight excluding hydrogens is 156 g/mol. The Labute approximate surface area is 81.3 Å². The molecule has 1 aromatic carbocycles. The SMILES string of the molecule is C=C(C)Cc1cc(CC)ccc1C. The minimum absolute atomic E-state index is 1.01. The second-order valence-corrected chi connectivity index (χ2v) is 3.75. The molecule has 70 valence electrons. The van der Waals surface area contributed by atoms with Gasteiger partial charge in [-0.3, -0.25) is 0 Å². The summed E-state index contributed by atoms with van der Waals surface area (Å²) in [4.78, 5) is 0. The van der Waals surface area contributed by atoms with E-state index in [1.165, 1.54) is 22.3 Å². The van der Waals surface area contributed by atoms with Crippen LogP contribution in [0.3, 0.4) is 0 Å². The van der Waals surface area contributed by atoms with Gasteiger partial charge in [-0.1, -0.05) is 37.3 Å². The molecule has 0 saturated heterocycles. The number of allylic oxidation sites excluding steroid dienone is 1. The Morgan fingerprint density at radius 2 is 2.08 bits per heavy atom. The number of aryl methyl sites for hydroxylation is 2. The molecule has 1 rings (SSSR count). The van der Waals surface area contributed by atoms with Crippen LogP contribution in [0.4, 0.5) is 0 Å². The Hall–Kier alpha value is -1.04. The van der Waals surface area contributed by atoms with Gasteiger partial charge in [0.15, 0.2) is 0 Å².